The summed E-state index contributed by atoms with van der Waals surface area (Å²) in [5.74, 6) is 0. The van der Waals surface area contributed by atoms with E-state index >= 15 is 0 Å². The van der Waals surface area contributed by atoms with Crippen molar-refractivity contribution >= 4 is 11.6 Å². The van der Waals surface area contributed by atoms with Crippen molar-refractivity contribution in [2.24, 2.45) is 0 Å². The third-order valence-electron chi connectivity index (χ3n) is 1.18. The van der Waals surface area contributed by atoms with Gasteiger partial charge >= 0.3 is 0 Å². The summed E-state index contributed by atoms with van der Waals surface area (Å²) in [6.45, 7) is 7.55. The third-order valence-corrected chi connectivity index (χ3v) is 1.49. The molecule has 0 aliphatic heterocycles. The molecule has 1 heteroatoms. The molecule has 0 amide bonds. The monoisotopic (exact) mass is 144 g/mol. The minimum Gasteiger partial charge on any atom is -0.115 e. The number of hydrogen-bond donors (Lipinski definition) is 0. The summed E-state index contributed by atoms with van der Waals surface area (Å²) in [5, 5.41) is 0. The van der Waals surface area contributed by atoms with Crippen LogP contribution in [0.1, 0.15) is 20.3 Å². The van der Waals surface area contributed by atoms with Crippen molar-refractivity contribution in [1.82, 2.24) is 0 Å². The lowest BCUT2D eigenvalue weighted by Crippen LogP contribution is -2.09. The van der Waals surface area contributed by atoms with Gasteiger partial charge in [-0.25, -0.2) is 0 Å². The Kier molecular flexibility index (Phi) is 3.64. The van der Waals surface area contributed by atoms with Crippen molar-refractivity contribution in [3.8, 4) is 0 Å². The molecular formula is C8H13Cl. The average Bonchev–Trinajstić information content (AvgIpc) is 1.84. The SMILES string of the molecule is C=CC(C)(Cl)CC=CC. The highest BCUT2D eigenvalue weighted by Crippen LogP contribution is 2.19. The zero-order chi connectivity index (χ0) is 7.33. The Morgan fingerprint density at radius 1 is 1.67 bits per heavy atom. The predicted octanol–water partition coefficient (Wildman–Crippen LogP) is 3.14. The van der Waals surface area contributed by atoms with Gasteiger partial charge in [0.2, 0.25) is 0 Å². The molecule has 0 aromatic carbocycles. The number of alkyl halides is 1. The zero-order valence-corrected chi connectivity index (χ0v) is 6.78. The van der Waals surface area contributed by atoms with E-state index in [0.29, 0.717) is 0 Å². The van der Waals surface area contributed by atoms with E-state index in [4.69, 9.17) is 11.6 Å². The number of hydrogen-bond acceptors (Lipinski definition) is 0. The second kappa shape index (κ2) is 3.73. The van der Waals surface area contributed by atoms with Crippen LogP contribution in [-0.2, 0) is 0 Å². The minimum atomic E-state index is -0.257. The fourth-order valence-electron chi connectivity index (χ4n) is 0.432. The predicted molar refractivity (Wildman–Crippen MR) is 43.9 cm³/mol. The molecule has 0 radical (unpaired) electrons. The summed E-state index contributed by atoms with van der Waals surface area (Å²) < 4.78 is 0. The molecule has 0 nitrogen and oxygen atoms in total. The molecule has 1 unspecified atom stereocenters. The molecule has 0 rings (SSSR count). The van der Waals surface area contributed by atoms with Crippen molar-refractivity contribution in [3.05, 3.63) is 24.8 Å². The topological polar surface area (TPSA) is 0 Å². The van der Waals surface area contributed by atoms with E-state index in [1.54, 1.807) is 6.08 Å². The second-order valence-corrected chi connectivity index (χ2v) is 3.12. The van der Waals surface area contributed by atoms with Crippen LogP contribution in [0, 0.1) is 0 Å². The number of allylic oxidation sites excluding steroid dienone is 3. The lowest BCUT2D eigenvalue weighted by Gasteiger charge is -2.12. The van der Waals surface area contributed by atoms with Gasteiger partial charge in [0, 0.05) is 0 Å². The summed E-state index contributed by atoms with van der Waals surface area (Å²) in [4.78, 5) is -0.257. The Bertz CT molecular complexity index is 112. The minimum absolute atomic E-state index is 0.257. The maximum atomic E-state index is 5.93. The summed E-state index contributed by atoms with van der Waals surface area (Å²) in [6.07, 6.45) is 6.64. The Balaban J connectivity index is 3.71. The van der Waals surface area contributed by atoms with Crippen LogP contribution in [0.2, 0.25) is 0 Å². The molecule has 0 aliphatic carbocycles. The van der Waals surface area contributed by atoms with Crippen LogP contribution in [0.4, 0.5) is 0 Å². The van der Waals surface area contributed by atoms with Gasteiger partial charge in [0.25, 0.3) is 0 Å². The maximum absolute atomic E-state index is 5.93. The molecule has 0 aromatic rings. The van der Waals surface area contributed by atoms with E-state index < -0.39 is 0 Å². The third kappa shape index (κ3) is 4.28. The van der Waals surface area contributed by atoms with Crippen molar-refractivity contribution < 1.29 is 0 Å². The van der Waals surface area contributed by atoms with Gasteiger partial charge in [-0.15, -0.1) is 18.2 Å². The van der Waals surface area contributed by atoms with Gasteiger partial charge in [0.1, 0.15) is 0 Å². The standard InChI is InChI=1S/C8H13Cl/c1-4-6-7-8(3,9)5-2/h4-6H,2,7H2,1,3H3. The van der Waals surface area contributed by atoms with Crippen LogP contribution in [0.25, 0.3) is 0 Å². The van der Waals surface area contributed by atoms with Gasteiger partial charge in [-0.05, 0) is 20.3 Å². The molecule has 0 saturated heterocycles. The van der Waals surface area contributed by atoms with Crippen LogP contribution in [-0.4, -0.2) is 4.87 Å². The Labute approximate surface area is 62.2 Å². The highest BCUT2D eigenvalue weighted by Gasteiger charge is 2.12. The highest BCUT2D eigenvalue weighted by molar-refractivity contribution is 6.25. The Morgan fingerprint density at radius 3 is 2.56 bits per heavy atom. The normalized spacial score (nSPS) is 17.7. The summed E-state index contributed by atoms with van der Waals surface area (Å²) in [6, 6.07) is 0. The van der Waals surface area contributed by atoms with Crippen molar-refractivity contribution in [3.63, 3.8) is 0 Å². The van der Waals surface area contributed by atoms with E-state index in [-0.39, 0.29) is 4.87 Å². The molecule has 0 fully saturated rings. The van der Waals surface area contributed by atoms with Gasteiger partial charge in [0.15, 0.2) is 0 Å². The lowest BCUT2D eigenvalue weighted by molar-refractivity contribution is 0.793. The van der Waals surface area contributed by atoms with Crippen LogP contribution >= 0.6 is 11.6 Å². The van der Waals surface area contributed by atoms with E-state index in [1.165, 1.54) is 0 Å². The van der Waals surface area contributed by atoms with Crippen LogP contribution in [0.5, 0.6) is 0 Å². The first-order valence-electron chi connectivity index (χ1n) is 3.06. The molecule has 0 aliphatic rings. The second-order valence-electron chi connectivity index (χ2n) is 2.26. The number of halogens is 1. The van der Waals surface area contributed by atoms with E-state index in [2.05, 4.69) is 6.58 Å². The van der Waals surface area contributed by atoms with Gasteiger partial charge in [0.05, 0.1) is 4.87 Å². The lowest BCUT2D eigenvalue weighted by atomic mass is 10.1. The quantitative estimate of drug-likeness (QED) is 0.422. The maximum Gasteiger partial charge on any atom is 0.0629 e. The molecule has 0 bridgehead atoms. The molecule has 0 spiro atoms. The van der Waals surface area contributed by atoms with E-state index in [0.717, 1.165) is 6.42 Å². The molecule has 0 saturated carbocycles. The summed E-state index contributed by atoms with van der Waals surface area (Å²) in [5.41, 5.74) is 0. The fraction of sp³-hybridized carbons (Fsp3) is 0.500. The highest BCUT2D eigenvalue weighted by atomic mass is 35.5. The molecule has 0 heterocycles. The first-order valence-corrected chi connectivity index (χ1v) is 3.44. The Morgan fingerprint density at radius 2 is 2.22 bits per heavy atom. The van der Waals surface area contributed by atoms with E-state index in [1.807, 2.05) is 26.0 Å². The number of rotatable bonds is 3. The molecule has 1 atom stereocenters. The average molecular weight is 145 g/mol. The zero-order valence-electron chi connectivity index (χ0n) is 6.02. The largest absolute Gasteiger partial charge is 0.115 e. The molecule has 0 aromatic heterocycles. The smallest absolute Gasteiger partial charge is 0.0629 e. The molecule has 0 N–H and O–H groups in total. The molecule has 9 heavy (non-hydrogen) atoms. The van der Waals surface area contributed by atoms with Crippen LogP contribution < -0.4 is 0 Å². The summed E-state index contributed by atoms with van der Waals surface area (Å²) in [7, 11) is 0. The van der Waals surface area contributed by atoms with Gasteiger partial charge < -0.3 is 0 Å². The molecular weight excluding hydrogens is 132 g/mol. The van der Waals surface area contributed by atoms with Crippen LogP contribution in [0.15, 0.2) is 24.8 Å². The first-order chi connectivity index (χ1) is 4.12. The van der Waals surface area contributed by atoms with Crippen molar-refractivity contribution in [2.75, 3.05) is 0 Å². The Hall–Kier alpha value is -0.230. The summed E-state index contributed by atoms with van der Waals surface area (Å²) >= 11 is 5.93. The van der Waals surface area contributed by atoms with Crippen molar-refractivity contribution in [2.45, 2.75) is 25.1 Å². The fourth-order valence-corrected chi connectivity index (χ4v) is 0.521. The van der Waals surface area contributed by atoms with E-state index in [9.17, 15) is 0 Å². The van der Waals surface area contributed by atoms with Gasteiger partial charge in [-0.3, -0.25) is 0 Å². The first kappa shape index (κ1) is 8.77. The van der Waals surface area contributed by atoms with Crippen molar-refractivity contribution in [1.29, 1.82) is 0 Å². The van der Waals surface area contributed by atoms with Gasteiger partial charge in [-0.1, -0.05) is 18.2 Å². The molecule has 52 valence electrons. The van der Waals surface area contributed by atoms with Crippen LogP contribution in [0.3, 0.4) is 0 Å². The van der Waals surface area contributed by atoms with Gasteiger partial charge in [-0.2, -0.15) is 0 Å².